The molecule has 2 N–H and O–H groups in total. The minimum absolute atomic E-state index is 0.212. The van der Waals surface area contributed by atoms with Crippen LogP contribution in [0.2, 0.25) is 5.22 Å². The average Bonchev–Trinajstić information content (AvgIpc) is 3.07. The highest BCUT2D eigenvalue weighted by Gasteiger charge is 2.19. The van der Waals surface area contributed by atoms with E-state index in [0.717, 1.165) is 5.56 Å². The van der Waals surface area contributed by atoms with Gasteiger partial charge in [0.25, 0.3) is 5.89 Å². The van der Waals surface area contributed by atoms with Crippen molar-refractivity contribution in [1.29, 1.82) is 0 Å². The van der Waals surface area contributed by atoms with E-state index in [-0.39, 0.29) is 5.22 Å². The molecule has 0 saturated carbocycles. The Labute approximate surface area is 114 Å². The Kier molecular flexibility index (Phi) is 3.06. The second-order valence-corrected chi connectivity index (χ2v) is 4.29. The van der Waals surface area contributed by atoms with E-state index in [1.54, 1.807) is 6.07 Å². The fourth-order valence-corrected chi connectivity index (χ4v) is 1.91. The molecule has 6 heteroatoms. The highest BCUT2D eigenvalue weighted by Crippen LogP contribution is 2.29. The first-order valence-electron chi connectivity index (χ1n) is 5.63. The average molecular weight is 276 g/mol. The third-order valence-electron chi connectivity index (χ3n) is 2.71. The molecule has 0 aliphatic heterocycles. The Morgan fingerprint density at radius 1 is 1.11 bits per heavy atom. The Morgan fingerprint density at radius 3 is 2.58 bits per heavy atom. The van der Waals surface area contributed by atoms with Crippen LogP contribution in [0, 0.1) is 0 Å². The van der Waals surface area contributed by atoms with Gasteiger partial charge < -0.3 is 14.6 Å². The van der Waals surface area contributed by atoms with Gasteiger partial charge in [0, 0.05) is 0 Å². The predicted octanol–water partition coefficient (Wildman–Crippen LogP) is 3.03. The van der Waals surface area contributed by atoms with Gasteiger partial charge in [0.2, 0.25) is 11.1 Å². The molecular weight excluding hydrogens is 266 g/mol. The van der Waals surface area contributed by atoms with E-state index in [0.29, 0.717) is 17.3 Å². The molecular formula is C13H10ClN3O2. The maximum absolute atomic E-state index is 6.07. The van der Waals surface area contributed by atoms with Crippen molar-refractivity contribution in [3.63, 3.8) is 0 Å². The molecule has 96 valence electrons. The number of hydrogen-bond acceptors (Lipinski definition) is 5. The van der Waals surface area contributed by atoms with Crippen molar-refractivity contribution in [3.05, 3.63) is 59.3 Å². The Morgan fingerprint density at radius 2 is 1.89 bits per heavy atom. The van der Waals surface area contributed by atoms with Crippen molar-refractivity contribution in [2.24, 2.45) is 5.73 Å². The fraction of sp³-hybridized carbons (Fsp3) is 0.0769. The minimum Gasteiger partial charge on any atom is -0.452 e. The van der Waals surface area contributed by atoms with Crippen molar-refractivity contribution in [2.45, 2.75) is 6.04 Å². The topological polar surface area (TPSA) is 78.1 Å². The maximum atomic E-state index is 6.07. The van der Waals surface area contributed by atoms with Gasteiger partial charge in [-0.3, -0.25) is 0 Å². The summed E-state index contributed by atoms with van der Waals surface area (Å²) in [7, 11) is 0. The fourth-order valence-electron chi connectivity index (χ4n) is 1.72. The Hall–Kier alpha value is -2.11. The molecule has 0 saturated heterocycles. The highest BCUT2D eigenvalue weighted by molar-refractivity contribution is 6.31. The zero-order valence-corrected chi connectivity index (χ0v) is 10.5. The number of nitrogens with zero attached hydrogens (tertiary/aromatic N) is 2. The van der Waals surface area contributed by atoms with Crippen LogP contribution in [-0.4, -0.2) is 10.2 Å². The lowest BCUT2D eigenvalue weighted by molar-refractivity contribution is 0.483. The van der Waals surface area contributed by atoms with Gasteiger partial charge in [0.05, 0.1) is 11.8 Å². The summed E-state index contributed by atoms with van der Waals surface area (Å²) in [5.74, 6) is 0.624. The zero-order chi connectivity index (χ0) is 13.2. The second-order valence-electron chi connectivity index (χ2n) is 3.94. The van der Waals surface area contributed by atoms with Crippen molar-refractivity contribution < 1.29 is 8.83 Å². The normalized spacial score (nSPS) is 12.5. The van der Waals surface area contributed by atoms with Crippen LogP contribution in [0.5, 0.6) is 0 Å². The number of benzene rings is 1. The highest BCUT2D eigenvalue weighted by atomic mass is 35.5. The van der Waals surface area contributed by atoms with Crippen LogP contribution in [0.25, 0.3) is 11.5 Å². The van der Waals surface area contributed by atoms with Gasteiger partial charge in [0.15, 0.2) is 0 Å². The van der Waals surface area contributed by atoms with Crippen molar-refractivity contribution in [1.82, 2.24) is 10.2 Å². The third-order valence-corrected chi connectivity index (χ3v) is 3.01. The van der Waals surface area contributed by atoms with Gasteiger partial charge >= 0.3 is 0 Å². The smallest absolute Gasteiger partial charge is 0.252 e. The Balaban J connectivity index is 1.92. The number of aromatic nitrogens is 2. The molecule has 0 spiro atoms. The summed E-state index contributed by atoms with van der Waals surface area (Å²) in [4.78, 5) is 0. The summed E-state index contributed by atoms with van der Waals surface area (Å²) in [6, 6.07) is 10.7. The number of rotatable bonds is 3. The van der Waals surface area contributed by atoms with Crippen LogP contribution in [0.4, 0.5) is 0 Å². The quantitative estimate of drug-likeness (QED) is 0.795. The molecule has 1 atom stereocenters. The van der Waals surface area contributed by atoms with E-state index in [2.05, 4.69) is 10.2 Å². The van der Waals surface area contributed by atoms with Crippen LogP contribution in [0.3, 0.4) is 0 Å². The van der Waals surface area contributed by atoms with E-state index in [1.807, 2.05) is 30.3 Å². The summed E-state index contributed by atoms with van der Waals surface area (Å²) in [5, 5.41) is 8.08. The minimum atomic E-state index is -0.465. The van der Waals surface area contributed by atoms with Gasteiger partial charge in [-0.25, -0.2) is 0 Å². The van der Waals surface area contributed by atoms with Crippen LogP contribution >= 0.6 is 11.6 Å². The molecule has 0 fully saturated rings. The van der Waals surface area contributed by atoms with Gasteiger partial charge in [-0.1, -0.05) is 30.3 Å². The number of furan rings is 1. The van der Waals surface area contributed by atoms with Gasteiger partial charge in [-0.15, -0.1) is 10.2 Å². The van der Waals surface area contributed by atoms with E-state index < -0.39 is 6.04 Å². The maximum Gasteiger partial charge on any atom is 0.252 e. The largest absolute Gasteiger partial charge is 0.452 e. The molecule has 1 aromatic carbocycles. The van der Waals surface area contributed by atoms with Crippen LogP contribution in [0.1, 0.15) is 17.5 Å². The molecule has 1 unspecified atom stereocenters. The van der Waals surface area contributed by atoms with Crippen molar-refractivity contribution in [3.8, 4) is 11.5 Å². The first kappa shape index (κ1) is 12.0. The molecule has 19 heavy (non-hydrogen) atoms. The summed E-state index contributed by atoms with van der Waals surface area (Å²) in [6.45, 7) is 0. The standard InChI is InChI=1S/C13H10ClN3O2/c14-11-9(6-7-18-11)12-16-17-13(19-12)10(15)8-4-2-1-3-5-8/h1-7,10H,15H2. The SMILES string of the molecule is NC(c1ccccc1)c1nnc(-c2ccoc2Cl)o1. The summed E-state index contributed by atoms with van der Waals surface area (Å²) < 4.78 is 10.5. The van der Waals surface area contributed by atoms with Crippen molar-refractivity contribution in [2.75, 3.05) is 0 Å². The first-order chi connectivity index (χ1) is 9.25. The van der Waals surface area contributed by atoms with Crippen LogP contribution < -0.4 is 5.73 Å². The van der Waals surface area contributed by atoms with Crippen LogP contribution in [0.15, 0.2) is 51.5 Å². The second kappa shape index (κ2) is 4.87. The molecule has 2 heterocycles. The summed E-state index contributed by atoms with van der Waals surface area (Å²) in [6.07, 6.45) is 1.46. The van der Waals surface area contributed by atoms with E-state index in [4.69, 9.17) is 26.2 Å². The van der Waals surface area contributed by atoms with Gasteiger partial charge in [-0.05, 0) is 23.2 Å². The first-order valence-corrected chi connectivity index (χ1v) is 6.01. The summed E-state index contributed by atoms with van der Waals surface area (Å²) >= 11 is 5.85. The summed E-state index contributed by atoms with van der Waals surface area (Å²) in [5.41, 5.74) is 7.52. The van der Waals surface area contributed by atoms with Crippen molar-refractivity contribution >= 4 is 11.6 Å². The monoisotopic (exact) mass is 275 g/mol. The third kappa shape index (κ3) is 2.25. The molecule has 0 aliphatic carbocycles. The number of hydrogen-bond donors (Lipinski definition) is 1. The molecule has 5 nitrogen and oxygen atoms in total. The molecule has 2 aromatic heterocycles. The number of nitrogens with two attached hydrogens (primary N) is 1. The molecule has 0 radical (unpaired) electrons. The molecule has 3 aromatic rings. The van der Waals surface area contributed by atoms with E-state index in [9.17, 15) is 0 Å². The van der Waals surface area contributed by atoms with E-state index in [1.165, 1.54) is 6.26 Å². The van der Waals surface area contributed by atoms with E-state index >= 15 is 0 Å². The lowest BCUT2D eigenvalue weighted by atomic mass is 10.1. The lowest BCUT2D eigenvalue weighted by Gasteiger charge is -2.05. The van der Waals surface area contributed by atoms with Gasteiger partial charge in [-0.2, -0.15) is 0 Å². The molecule has 0 amide bonds. The molecule has 0 bridgehead atoms. The lowest BCUT2D eigenvalue weighted by Crippen LogP contribution is -2.11. The molecule has 0 aliphatic rings. The van der Waals surface area contributed by atoms with Crippen LogP contribution in [-0.2, 0) is 0 Å². The zero-order valence-electron chi connectivity index (χ0n) is 9.79. The Bertz CT molecular complexity index is 678. The molecule has 3 rings (SSSR count). The van der Waals surface area contributed by atoms with Gasteiger partial charge in [0.1, 0.15) is 6.04 Å². The predicted molar refractivity (Wildman–Crippen MR) is 69.5 cm³/mol. The number of halogens is 1.